The Kier molecular flexibility index (Phi) is 6.47. The second-order valence-corrected chi connectivity index (χ2v) is 10.0. The van der Waals surface area contributed by atoms with Gasteiger partial charge in [0.2, 0.25) is 5.91 Å². The number of aliphatic hydroxyl groups is 1. The van der Waals surface area contributed by atoms with E-state index < -0.39 is 24.1 Å². The van der Waals surface area contributed by atoms with Gasteiger partial charge in [0.1, 0.15) is 18.1 Å². The van der Waals surface area contributed by atoms with E-state index in [-0.39, 0.29) is 29.0 Å². The van der Waals surface area contributed by atoms with Crippen LogP contribution in [0.15, 0.2) is 24.3 Å². The number of carbonyl (C=O) groups is 1. The molecule has 188 valence electrons. The fourth-order valence-electron chi connectivity index (χ4n) is 4.33. The molecular formula is C24H23F3N6O2S. The van der Waals surface area contributed by atoms with Crippen LogP contribution in [0.4, 0.5) is 13.2 Å². The fraction of sp³-hybridized carbons (Fsp3) is 0.375. The molecule has 1 aliphatic rings. The molecule has 1 fully saturated rings. The summed E-state index contributed by atoms with van der Waals surface area (Å²) in [5.41, 5.74) is 1.04. The summed E-state index contributed by atoms with van der Waals surface area (Å²) in [5, 5.41) is 22.8. The molecule has 1 saturated heterocycles. The molecule has 1 N–H and O–H groups in total. The lowest BCUT2D eigenvalue weighted by molar-refractivity contribution is -0.135. The number of thiazole rings is 1. The van der Waals surface area contributed by atoms with Crippen molar-refractivity contribution in [1.29, 1.82) is 0 Å². The summed E-state index contributed by atoms with van der Waals surface area (Å²) in [7, 11) is 0. The second kappa shape index (κ2) is 9.58. The van der Waals surface area contributed by atoms with Crippen molar-refractivity contribution in [3.63, 3.8) is 0 Å². The van der Waals surface area contributed by atoms with Crippen LogP contribution in [0.2, 0.25) is 0 Å². The highest BCUT2D eigenvalue weighted by Crippen LogP contribution is 2.42. The average Bonchev–Trinajstić information content (AvgIpc) is 3.50. The maximum Gasteiger partial charge on any atom is 0.248 e. The molecule has 0 bridgehead atoms. The van der Waals surface area contributed by atoms with Gasteiger partial charge in [-0.2, -0.15) is 9.61 Å². The number of fused-ring (bicyclic) bond motifs is 1. The van der Waals surface area contributed by atoms with Crippen molar-refractivity contribution in [1.82, 2.24) is 29.7 Å². The smallest absolute Gasteiger partial charge is 0.248 e. The molecule has 0 saturated carbocycles. The molecular weight excluding hydrogens is 493 g/mol. The summed E-state index contributed by atoms with van der Waals surface area (Å²) < 4.78 is 44.3. The predicted octanol–water partition coefficient (Wildman–Crippen LogP) is 4.15. The lowest BCUT2D eigenvalue weighted by Crippen LogP contribution is -2.39. The van der Waals surface area contributed by atoms with Crippen molar-refractivity contribution in [3.8, 4) is 21.8 Å². The van der Waals surface area contributed by atoms with E-state index in [2.05, 4.69) is 20.3 Å². The van der Waals surface area contributed by atoms with Crippen molar-refractivity contribution in [2.75, 3.05) is 19.7 Å². The lowest BCUT2D eigenvalue weighted by Gasteiger charge is -2.30. The zero-order valence-electron chi connectivity index (χ0n) is 19.6. The highest BCUT2D eigenvalue weighted by molar-refractivity contribution is 7.15. The van der Waals surface area contributed by atoms with Gasteiger partial charge in [-0.25, -0.2) is 18.2 Å². The molecule has 12 heteroatoms. The van der Waals surface area contributed by atoms with Crippen LogP contribution < -0.4 is 0 Å². The standard InChI is InChI=1S/C24H23F3N6O2S/c1-12(2)23-30-29-19-4-3-18(31-33(19)23)22-21(14-9-16(26)17(27)10-15(14)25)28-24(36-22)13-5-7-32(8-6-13)20(35)11-34/h3-4,9-10,12-13,34H,5-8,11H2,1-2H3. The Hall–Kier alpha value is -3.38. The Morgan fingerprint density at radius 2 is 1.83 bits per heavy atom. The van der Waals surface area contributed by atoms with Crippen LogP contribution in [0.3, 0.4) is 0 Å². The van der Waals surface area contributed by atoms with Crippen LogP contribution in [0.1, 0.15) is 49.4 Å². The number of carbonyl (C=O) groups excluding carboxylic acids is 1. The number of nitrogens with zero attached hydrogens (tertiary/aromatic N) is 6. The average molecular weight is 517 g/mol. The molecule has 36 heavy (non-hydrogen) atoms. The van der Waals surface area contributed by atoms with Gasteiger partial charge < -0.3 is 10.0 Å². The van der Waals surface area contributed by atoms with E-state index in [0.29, 0.717) is 59.0 Å². The maximum atomic E-state index is 14.9. The zero-order valence-corrected chi connectivity index (χ0v) is 20.4. The predicted molar refractivity (Wildman–Crippen MR) is 127 cm³/mol. The van der Waals surface area contributed by atoms with Crippen molar-refractivity contribution in [2.24, 2.45) is 0 Å². The molecule has 0 aliphatic carbocycles. The van der Waals surface area contributed by atoms with Crippen molar-refractivity contribution in [3.05, 3.63) is 52.5 Å². The molecule has 1 amide bonds. The number of amides is 1. The molecule has 1 aliphatic heterocycles. The highest BCUT2D eigenvalue weighted by atomic mass is 32.1. The van der Waals surface area contributed by atoms with Gasteiger partial charge in [0.25, 0.3) is 0 Å². The van der Waals surface area contributed by atoms with Gasteiger partial charge >= 0.3 is 0 Å². The molecule has 1 aromatic carbocycles. The van der Waals surface area contributed by atoms with E-state index in [1.165, 1.54) is 11.3 Å². The van der Waals surface area contributed by atoms with Gasteiger partial charge in [-0.15, -0.1) is 21.5 Å². The number of aromatic nitrogens is 5. The number of halogens is 3. The molecule has 0 atom stereocenters. The van der Waals surface area contributed by atoms with E-state index in [1.807, 2.05) is 13.8 Å². The van der Waals surface area contributed by atoms with E-state index in [0.717, 1.165) is 6.07 Å². The largest absolute Gasteiger partial charge is 0.387 e. The minimum absolute atomic E-state index is 0.0246. The summed E-state index contributed by atoms with van der Waals surface area (Å²) in [6, 6.07) is 4.78. The molecule has 8 nitrogen and oxygen atoms in total. The van der Waals surface area contributed by atoms with Gasteiger partial charge in [-0.05, 0) is 31.0 Å². The number of likely N-dealkylation sites (tertiary alicyclic amines) is 1. The Bertz CT molecular complexity index is 1450. The highest BCUT2D eigenvalue weighted by Gasteiger charge is 2.29. The van der Waals surface area contributed by atoms with Gasteiger partial charge in [-0.1, -0.05) is 13.8 Å². The van der Waals surface area contributed by atoms with Crippen molar-refractivity contribution < 1.29 is 23.1 Å². The summed E-state index contributed by atoms with van der Waals surface area (Å²) in [6.45, 7) is 4.30. The topological polar surface area (TPSA) is 96.5 Å². The van der Waals surface area contributed by atoms with E-state index >= 15 is 0 Å². The van der Waals surface area contributed by atoms with E-state index in [9.17, 15) is 18.0 Å². The van der Waals surface area contributed by atoms with Crippen LogP contribution in [0, 0.1) is 17.5 Å². The van der Waals surface area contributed by atoms with Crippen LogP contribution in [-0.4, -0.2) is 60.4 Å². The number of rotatable bonds is 5. The Morgan fingerprint density at radius 1 is 1.11 bits per heavy atom. The van der Waals surface area contributed by atoms with Crippen LogP contribution >= 0.6 is 11.3 Å². The molecule has 0 unspecified atom stereocenters. The molecule has 0 spiro atoms. The summed E-state index contributed by atoms with van der Waals surface area (Å²) in [5.74, 6) is -3.03. The van der Waals surface area contributed by atoms with Crippen LogP contribution in [0.25, 0.3) is 27.5 Å². The Labute approximate surface area is 208 Å². The SMILES string of the molecule is CC(C)c1nnc2ccc(-c3sc(C4CCN(C(=O)CO)CC4)nc3-c3cc(F)c(F)cc3F)nn12. The molecule has 3 aromatic heterocycles. The number of piperidine rings is 1. The third kappa shape index (κ3) is 4.35. The summed E-state index contributed by atoms with van der Waals surface area (Å²) in [6.07, 6.45) is 1.21. The first-order chi connectivity index (χ1) is 17.3. The van der Waals surface area contributed by atoms with Crippen molar-refractivity contribution in [2.45, 2.75) is 38.5 Å². The maximum absolute atomic E-state index is 14.9. The normalized spacial score (nSPS) is 14.8. The quantitative estimate of drug-likeness (QED) is 0.401. The zero-order chi connectivity index (χ0) is 25.6. The Balaban J connectivity index is 1.61. The van der Waals surface area contributed by atoms with Gasteiger partial charge in [0.15, 0.2) is 23.1 Å². The first kappa shape index (κ1) is 24.3. The number of hydrogen-bond donors (Lipinski definition) is 1. The monoisotopic (exact) mass is 516 g/mol. The van der Waals surface area contributed by atoms with Crippen LogP contribution in [-0.2, 0) is 4.79 Å². The molecule has 4 aromatic rings. The minimum Gasteiger partial charge on any atom is -0.387 e. The summed E-state index contributed by atoms with van der Waals surface area (Å²) in [4.78, 5) is 18.6. The van der Waals surface area contributed by atoms with E-state index in [4.69, 9.17) is 5.11 Å². The Morgan fingerprint density at radius 3 is 2.53 bits per heavy atom. The van der Waals surface area contributed by atoms with Gasteiger partial charge in [0.05, 0.1) is 15.6 Å². The van der Waals surface area contributed by atoms with E-state index in [1.54, 1.807) is 21.5 Å². The fourth-order valence-corrected chi connectivity index (χ4v) is 5.55. The lowest BCUT2D eigenvalue weighted by atomic mass is 9.97. The van der Waals surface area contributed by atoms with Gasteiger partial charge in [-0.3, -0.25) is 4.79 Å². The molecule has 5 rings (SSSR count). The van der Waals surface area contributed by atoms with Gasteiger partial charge in [0, 0.05) is 36.6 Å². The number of aliphatic hydroxyl groups excluding tert-OH is 1. The third-order valence-corrected chi connectivity index (χ3v) is 7.52. The first-order valence-electron chi connectivity index (χ1n) is 11.5. The van der Waals surface area contributed by atoms with Crippen LogP contribution in [0.5, 0.6) is 0 Å². The number of hydrogen-bond acceptors (Lipinski definition) is 7. The third-order valence-electron chi connectivity index (χ3n) is 6.28. The van der Waals surface area contributed by atoms with Crippen molar-refractivity contribution >= 4 is 22.9 Å². The summed E-state index contributed by atoms with van der Waals surface area (Å²) >= 11 is 1.31. The molecule has 0 radical (unpaired) electrons. The first-order valence-corrected chi connectivity index (χ1v) is 12.4. The molecule has 4 heterocycles. The number of benzene rings is 1. The minimum atomic E-state index is -1.28. The second-order valence-electron chi connectivity index (χ2n) is 8.99.